The van der Waals surface area contributed by atoms with Crippen molar-refractivity contribution in [3.63, 3.8) is 0 Å². The second-order valence-electron chi connectivity index (χ2n) is 6.90. The Morgan fingerprint density at radius 1 is 1.24 bits per heavy atom. The summed E-state index contributed by atoms with van der Waals surface area (Å²) in [5.41, 5.74) is -1.07. The average molecular weight is 300 g/mol. The monoisotopic (exact) mass is 300 g/mol. The number of carbonyl (C=O) groups is 1. The van der Waals surface area contributed by atoms with Gasteiger partial charge in [-0.25, -0.2) is 4.89 Å². The van der Waals surface area contributed by atoms with Crippen molar-refractivity contribution in [2.75, 3.05) is 0 Å². The highest BCUT2D eigenvalue weighted by Gasteiger charge is 2.67. The van der Waals surface area contributed by atoms with E-state index in [1.54, 1.807) is 6.92 Å². The van der Waals surface area contributed by atoms with Gasteiger partial charge in [-0.3, -0.25) is 10.1 Å². The van der Waals surface area contributed by atoms with Gasteiger partial charge in [0.15, 0.2) is 5.60 Å². The molecule has 2 aliphatic heterocycles. The fourth-order valence-corrected chi connectivity index (χ4v) is 4.52. The van der Waals surface area contributed by atoms with Gasteiger partial charge in [0, 0.05) is 11.8 Å². The number of esters is 1. The molecule has 2 unspecified atom stereocenters. The zero-order valence-electron chi connectivity index (χ0n) is 12.7. The molecule has 0 bridgehead atoms. The molecule has 8 atom stereocenters. The maximum atomic E-state index is 12.1. The molecule has 2 saturated heterocycles. The summed E-state index contributed by atoms with van der Waals surface area (Å²) in [5.74, 6) is -1.26. The van der Waals surface area contributed by atoms with E-state index in [9.17, 15) is 15.2 Å². The summed E-state index contributed by atoms with van der Waals surface area (Å²) in [5, 5.41) is 20.1. The number of carbonyl (C=O) groups excluding carboxylic acids is 1. The van der Waals surface area contributed by atoms with Gasteiger partial charge in [-0.05, 0) is 32.1 Å². The van der Waals surface area contributed by atoms with Crippen LogP contribution in [0.1, 0.15) is 40.0 Å². The molecule has 3 aliphatic rings. The number of rotatable bonds is 1. The first-order valence-corrected chi connectivity index (χ1v) is 7.78. The van der Waals surface area contributed by atoms with Gasteiger partial charge in [0.25, 0.3) is 0 Å². The van der Waals surface area contributed by atoms with Crippen molar-refractivity contribution in [3.8, 4) is 0 Å². The molecule has 1 aliphatic carbocycles. The van der Waals surface area contributed by atoms with Crippen LogP contribution in [0.15, 0.2) is 0 Å². The van der Waals surface area contributed by atoms with Crippen LogP contribution in [0.4, 0.5) is 0 Å². The van der Waals surface area contributed by atoms with Crippen molar-refractivity contribution in [2.45, 2.75) is 64.1 Å². The highest BCUT2D eigenvalue weighted by atomic mass is 17.1. The summed E-state index contributed by atoms with van der Waals surface area (Å²) in [7, 11) is 0. The van der Waals surface area contributed by atoms with Crippen LogP contribution in [0.25, 0.3) is 0 Å². The normalized spacial score (nSPS) is 53.6. The van der Waals surface area contributed by atoms with Crippen molar-refractivity contribution >= 4 is 5.97 Å². The lowest BCUT2D eigenvalue weighted by Crippen LogP contribution is -2.68. The second kappa shape index (κ2) is 5.19. The second-order valence-corrected chi connectivity index (χ2v) is 6.90. The molecule has 3 rings (SSSR count). The van der Waals surface area contributed by atoms with Gasteiger partial charge in [0.05, 0.1) is 18.1 Å². The Bertz CT molecular complexity index is 426. The van der Waals surface area contributed by atoms with Crippen LogP contribution in [0, 0.1) is 23.7 Å². The van der Waals surface area contributed by atoms with Gasteiger partial charge in [0.1, 0.15) is 0 Å². The van der Waals surface area contributed by atoms with E-state index in [1.807, 2.05) is 13.8 Å². The van der Waals surface area contributed by atoms with Crippen molar-refractivity contribution in [1.29, 1.82) is 0 Å². The van der Waals surface area contributed by atoms with Crippen molar-refractivity contribution in [3.05, 3.63) is 0 Å². The number of hydrogen-bond donors (Lipinski definition) is 2. The van der Waals surface area contributed by atoms with E-state index >= 15 is 0 Å². The van der Waals surface area contributed by atoms with Gasteiger partial charge in [-0.15, -0.1) is 0 Å². The summed E-state index contributed by atoms with van der Waals surface area (Å²) in [6, 6.07) is 0. The molecule has 6 heteroatoms. The molecule has 0 aromatic carbocycles. The molecule has 120 valence electrons. The minimum Gasteiger partial charge on any atom is -0.432 e. The van der Waals surface area contributed by atoms with Gasteiger partial charge in [-0.1, -0.05) is 13.8 Å². The molecule has 0 radical (unpaired) electrons. The Balaban J connectivity index is 2.09. The minimum atomic E-state index is -1.07. The number of ether oxygens (including phenoxy) is 2. The number of hydrogen-bond acceptors (Lipinski definition) is 6. The smallest absolute Gasteiger partial charge is 0.311 e. The largest absolute Gasteiger partial charge is 0.432 e. The first-order valence-electron chi connectivity index (χ1n) is 7.78. The minimum absolute atomic E-state index is 0.0474. The Labute approximate surface area is 124 Å². The third-order valence-electron chi connectivity index (χ3n) is 5.86. The van der Waals surface area contributed by atoms with E-state index in [4.69, 9.17) is 14.4 Å². The number of aliphatic hydroxyl groups is 1. The average Bonchev–Trinajstić information content (AvgIpc) is 2.59. The van der Waals surface area contributed by atoms with Gasteiger partial charge in [0.2, 0.25) is 6.29 Å². The lowest BCUT2D eigenvalue weighted by atomic mass is 9.57. The summed E-state index contributed by atoms with van der Waals surface area (Å²) < 4.78 is 11.3. The molecule has 6 nitrogen and oxygen atoms in total. The molecule has 0 spiro atoms. The third-order valence-corrected chi connectivity index (χ3v) is 5.86. The standard InChI is InChI=1S/C15H24O6/c1-7-4-5-10-8(2)12(16)6-11-9(3)13(17)20-14(19-7)15(10,11)21-18/h7-12,14,16,18H,4-6H2,1-3H3/t7-,8-,9+,10?,11?,12-,14-,15+/m0/s1. The Kier molecular flexibility index (Phi) is 3.76. The quantitative estimate of drug-likeness (QED) is 0.434. The molecule has 0 aromatic heterocycles. The van der Waals surface area contributed by atoms with Crippen LogP contribution in [-0.4, -0.2) is 40.4 Å². The van der Waals surface area contributed by atoms with Gasteiger partial charge in [-0.2, -0.15) is 0 Å². The van der Waals surface area contributed by atoms with Crippen LogP contribution < -0.4 is 0 Å². The topological polar surface area (TPSA) is 85.2 Å². The highest BCUT2D eigenvalue weighted by molar-refractivity contribution is 5.74. The first-order chi connectivity index (χ1) is 9.91. The predicted octanol–water partition coefficient (Wildman–Crippen LogP) is 1.57. The zero-order chi connectivity index (χ0) is 15.4. The zero-order valence-corrected chi connectivity index (χ0v) is 12.7. The summed E-state index contributed by atoms with van der Waals surface area (Å²) in [6.07, 6.45) is 0.445. The lowest BCUT2D eigenvalue weighted by molar-refractivity contribution is -0.428. The molecule has 0 aromatic rings. The van der Waals surface area contributed by atoms with Crippen LogP contribution in [0.2, 0.25) is 0 Å². The molecular weight excluding hydrogens is 276 g/mol. The van der Waals surface area contributed by atoms with Crippen LogP contribution in [0.3, 0.4) is 0 Å². The molecule has 2 N–H and O–H groups in total. The van der Waals surface area contributed by atoms with E-state index in [2.05, 4.69) is 0 Å². The maximum absolute atomic E-state index is 12.1. The molecule has 2 heterocycles. The lowest BCUT2D eigenvalue weighted by Gasteiger charge is -2.56. The van der Waals surface area contributed by atoms with E-state index in [1.165, 1.54) is 0 Å². The first kappa shape index (κ1) is 15.2. The van der Waals surface area contributed by atoms with E-state index in [0.29, 0.717) is 6.42 Å². The van der Waals surface area contributed by atoms with Crippen molar-refractivity contribution in [1.82, 2.24) is 0 Å². The van der Waals surface area contributed by atoms with Crippen molar-refractivity contribution in [2.24, 2.45) is 23.7 Å². The van der Waals surface area contributed by atoms with Crippen LogP contribution >= 0.6 is 0 Å². The number of aliphatic hydroxyl groups excluding tert-OH is 1. The molecular formula is C15H24O6. The van der Waals surface area contributed by atoms with Gasteiger partial charge < -0.3 is 14.6 Å². The summed E-state index contributed by atoms with van der Waals surface area (Å²) in [4.78, 5) is 17.1. The van der Waals surface area contributed by atoms with Gasteiger partial charge >= 0.3 is 5.97 Å². The molecule has 1 saturated carbocycles. The fourth-order valence-electron chi connectivity index (χ4n) is 4.52. The summed E-state index contributed by atoms with van der Waals surface area (Å²) >= 11 is 0. The predicted molar refractivity (Wildman–Crippen MR) is 72.0 cm³/mol. The SMILES string of the molecule is C[C@H]1CCC2[C@H](C)[C@@H](O)CC3[C@@H](C)C(=O)O[C@H](O1)[C@]32OO. The van der Waals surface area contributed by atoms with E-state index < -0.39 is 23.9 Å². The Morgan fingerprint density at radius 2 is 1.95 bits per heavy atom. The summed E-state index contributed by atoms with van der Waals surface area (Å²) in [6.45, 7) is 5.64. The van der Waals surface area contributed by atoms with Crippen LogP contribution in [-0.2, 0) is 19.2 Å². The highest BCUT2D eigenvalue weighted by Crippen LogP contribution is 2.55. The molecule has 21 heavy (non-hydrogen) atoms. The van der Waals surface area contributed by atoms with Crippen molar-refractivity contribution < 1.29 is 29.5 Å². The van der Waals surface area contributed by atoms with Crippen LogP contribution in [0.5, 0.6) is 0 Å². The van der Waals surface area contributed by atoms with E-state index in [0.717, 1.165) is 12.8 Å². The fraction of sp³-hybridized carbons (Fsp3) is 0.933. The molecule has 0 amide bonds. The molecule has 3 fully saturated rings. The third kappa shape index (κ3) is 2.04. The Hall–Kier alpha value is -0.690. The van der Waals surface area contributed by atoms with E-state index in [-0.39, 0.29) is 29.8 Å². The Morgan fingerprint density at radius 3 is 2.62 bits per heavy atom. The maximum Gasteiger partial charge on any atom is 0.311 e.